The van der Waals surface area contributed by atoms with Gasteiger partial charge in [0.1, 0.15) is 11.9 Å². The Balaban J connectivity index is 1.42. The maximum Gasteiger partial charge on any atom is 0.257 e. The first-order chi connectivity index (χ1) is 17.5. The second-order valence-corrected chi connectivity index (χ2v) is 12.9. The Bertz CT molecular complexity index is 1360. The summed E-state index contributed by atoms with van der Waals surface area (Å²) in [5.74, 6) is -0.351. The maximum atomic E-state index is 13.6. The van der Waals surface area contributed by atoms with E-state index >= 15 is 0 Å². The lowest BCUT2D eigenvalue weighted by atomic mass is 9.91. The van der Waals surface area contributed by atoms with Crippen LogP contribution in [0.4, 0.5) is 0 Å². The molecular formula is C25H31N5O5S2. The highest BCUT2D eigenvalue weighted by Crippen LogP contribution is 2.35. The van der Waals surface area contributed by atoms with E-state index < -0.39 is 33.7 Å². The fraction of sp³-hybridized carbons (Fsp3) is 0.520. The van der Waals surface area contributed by atoms with Gasteiger partial charge in [0, 0.05) is 19.5 Å². The Kier molecular flexibility index (Phi) is 6.71. The van der Waals surface area contributed by atoms with Gasteiger partial charge < -0.3 is 15.3 Å². The number of aliphatic imine (C=N–C) groups is 1. The molecule has 2 saturated heterocycles. The zero-order chi connectivity index (χ0) is 26.5. The summed E-state index contributed by atoms with van der Waals surface area (Å²) in [6.07, 6.45) is 2.41. The van der Waals surface area contributed by atoms with Crippen molar-refractivity contribution in [1.29, 1.82) is 0 Å². The van der Waals surface area contributed by atoms with Crippen LogP contribution in [0.1, 0.15) is 43.9 Å². The van der Waals surface area contributed by atoms with Gasteiger partial charge in [-0.25, -0.2) is 18.4 Å². The standard InChI is InChI=1S/C25H31N5O5S2/c1-15-21(36-14-26-15)16-7-9-17(10-8-16)25(2)24(33)27-22(28-25)20-12-18(31)13-29(20)23(32)19-6-4-5-11-30(19)37(3,34)35/h7-10,14,18-20,31H,4-6,11-13H2,1-3H3,(H,27,28,33)/t18-,19?,20-,25?/m1/s1. The predicted molar refractivity (Wildman–Crippen MR) is 141 cm³/mol. The zero-order valence-electron chi connectivity index (χ0n) is 21.0. The molecule has 0 spiro atoms. The van der Waals surface area contributed by atoms with Crippen LogP contribution in [0.2, 0.25) is 0 Å². The van der Waals surface area contributed by atoms with Crippen LogP contribution in [0, 0.1) is 6.92 Å². The van der Waals surface area contributed by atoms with Crippen molar-refractivity contribution in [3.63, 3.8) is 0 Å². The van der Waals surface area contributed by atoms with Crippen LogP contribution < -0.4 is 5.32 Å². The molecule has 12 heteroatoms. The Labute approximate surface area is 220 Å². The van der Waals surface area contributed by atoms with Gasteiger partial charge >= 0.3 is 0 Å². The SMILES string of the molecule is Cc1ncsc1-c1ccc(C2(C)N=C([C@H]3C[C@@H](O)CN3C(=O)C3CCCCN3S(C)(=O)=O)NC2=O)cc1. The second-order valence-electron chi connectivity index (χ2n) is 10.1. The van der Waals surface area contributed by atoms with Crippen LogP contribution in [0.3, 0.4) is 0 Å². The number of β-amino-alcohol motifs (C(OH)–C–C–N with tert-alkyl or cyclic N) is 1. The lowest BCUT2D eigenvalue weighted by molar-refractivity contribution is -0.136. The van der Waals surface area contributed by atoms with Crippen LogP contribution in [0.25, 0.3) is 10.4 Å². The van der Waals surface area contributed by atoms with Crippen molar-refractivity contribution < 1.29 is 23.1 Å². The lowest BCUT2D eigenvalue weighted by Crippen LogP contribution is -2.55. The van der Waals surface area contributed by atoms with E-state index in [1.807, 2.05) is 31.2 Å². The number of carbonyl (C=O) groups is 2. The van der Waals surface area contributed by atoms with Crippen molar-refractivity contribution in [2.24, 2.45) is 4.99 Å². The molecule has 0 bridgehead atoms. The molecule has 2 N–H and O–H groups in total. The van der Waals surface area contributed by atoms with Crippen LogP contribution in [-0.4, -0.2) is 82.9 Å². The van der Waals surface area contributed by atoms with Gasteiger partial charge in [-0.05, 0) is 37.8 Å². The van der Waals surface area contributed by atoms with E-state index in [9.17, 15) is 23.1 Å². The number of sulfonamides is 1. The van der Waals surface area contributed by atoms with Gasteiger partial charge in [-0.2, -0.15) is 4.31 Å². The molecule has 4 heterocycles. The summed E-state index contributed by atoms with van der Waals surface area (Å²) in [4.78, 5) is 38.4. The molecular weight excluding hydrogens is 514 g/mol. The maximum absolute atomic E-state index is 13.6. The molecule has 2 aromatic rings. The number of hydrogen-bond donors (Lipinski definition) is 2. The summed E-state index contributed by atoms with van der Waals surface area (Å²) in [6.45, 7) is 4.04. The number of piperidine rings is 1. The predicted octanol–water partition coefficient (Wildman–Crippen LogP) is 1.64. The monoisotopic (exact) mass is 545 g/mol. The second kappa shape index (κ2) is 9.57. The lowest BCUT2D eigenvalue weighted by Gasteiger charge is -2.36. The molecule has 0 radical (unpaired) electrons. The van der Waals surface area contributed by atoms with E-state index in [4.69, 9.17) is 4.99 Å². The number of thiazole rings is 1. The normalized spacial score (nSPS) is 28.9. The summed E-state index contributed by atoms with van der Waals surface area (Å²) >= 11 is 1.55. The number of nitrogens with one attached hydrogen (secondary N) is 1. The van der Waals surface area contributed by atoms with E-state index in [1.165, 1.54) is 9.21 Å². The van der Waals surface area contributed by atoms with Crippen molar-refractivity contribution in [3.8, 4) is 10.4 Å². The third kappa shape index (κ3) is 4.71. The number of benzene rings is 1. The van der Waals surface area contributed by atoms with E-state index in [2.05, 4.69) is 10.3 Å². The fourth-order valence-corrected chi connectivity index (χ4v) is 7.42. The molecule has 3 aliphatic heterocycles. The number of aryl methyl sites for hydroxylation is 1. The number of aliphatic hydroxyl groups excluding tert-OH is 1. The molecule has 1 aromatic carbocycles. The molecule has 2 fully saturated rings. The van der Waals surface area contributed by atoms with Gasteiger partial charge in [0.15, 0.2) is 5.54 Å². The molecule has 2 unspecified atom stereocenters. The van der Waals surface area contributed by atoms with Gasteiger partial charge in [0.25, 0.3) is 5.91 Å². The fourth-order valence-electron chi connectivity index (χ4n) is 5.49. The first kappa shape index (κ1) is 26.0. The third-order valence-corrected chi connectivity index (χ3v) is 9.79. The Hall–Kier alpha value is -2.67. The number of amides is 2. The van der Waals surface area contributed by atoms with E-state index in [1.54, 1.807) is 23.8 Å². The molecule has 4 atom stereocenters. The Morgan fingerprint density at radius 1 is 1.24 bits per heavy atom. The number of aliphatic hydroxyl groups is 1. The number of hydrogen-bond acceptors (Lipinski definition) is 8. The van der Waals surface area contributed by atoms with Gasteiger partial charge in [-0.3, -0.25) is 9.59 Å². The average Bonchev–Trinajstić information content (AvgIpc) is 3.55. The summed E-state index contributed by atoms with van der Waals surface area (Å²) in [5, 5.41) is 13.3. The molecule has 0 aliphatic carbocycles. The van der Waals surface area contributed by atoms with Crippen molar-refractivity contribution in [1.82, 2.24) is 19.5 Å². The van der Waals surface area contributed by atoms with Crippen molar-refractivity contribution in [2.75, 3.05) is 19.3 Å². The van der Waals surface area contributed by atoms with Crippen LogP contribution in [0.5, 0.6) is 0 Å². The third-order valence-electron chi connectivity index (χ3n) is 7.52. The number of nitrogens with zero attached hydrogens (tertiary/aromatic N) is 4. The summed E-state index contributed by atoms with van der Waals surface area (Å²) in [7, 11) is -3.57. The Morgan fingerprint density at radius 2 is 1.97 bits per heavy atom. The highest BCUT2D eigenvalue weighted by atomic mass is 32.2. The number of rotatable bonds is 5. The van der Waals surface area contributed by atoms with Crippen LogP contribution in [0.15, 0.2) is 34.8 Å². The number of amidine groups is 1. The van der Waals surface area contributed by atoms with Crippen molar-refractivity contribution in [3.05, 3.63) is 41.0 Å². The summed E-state index contributed by atoms with van der Waals surface area (Å²) in [6, 6.07) is 6.18. The largest absolute Gasteiger partial charge is 0.391 e. The molecule has 0 saturated carbocycles. The highest BCUT2D eigenvalue weighted by Gasteiger charge is 2.48. The molecule has 2 amide bonds. The minimum absolute atomic E-state index is 0.0616. The molecule has 10 nitrogen and oxygen atoms in total. The highest BCUT2D eigenvalue weighted by molar-refractivity contribution is 7.88. The van der Waals surface area contributed by atoms with E-state index in [0.717, 1.165) is 28.8 Å². The summed E-state index contributed by atoms with van der Waals surface area (Å²) in [5.41, 5.74) is 3.26. The minimum atomic E-state index is -3.57. The van der Waals surface area contributed by atoms with Gasteiger partial charge in [0.2, 0.25) is 15.9 Å². The smallest absolute Gasteiger partial charge is 0.257 e. The first-order valence-corrected chi connectivity index (χ1v) is 15.1. The number of likely N-dealkylation sites (tertiary alicyclic amines) is 1. The quantitative estimate of drug-likeness (QED) is 0.587. The number of aromatic nitrogens is 1. The van der Waals surface area contributed by atoms with Gasteiger partial charge in [0.05, 0.1) is 34.5 Å². The first-order valence-electron chi connectivity index (χ1n) is 12.4. The molecule has 5 rings (SSSR count). The van der Waals surface area contributed by atoms with Crippen molar-refractivity contribution >= 4 is 39.0 Å². The molecule has 1 aromatic heterocycles. The van der Waals surface area contributed by atoms with E-state index in [0.29, 0.717) is 30.8 Å². The van der Waals surface area contributed by atoms with Gasteiger partial charge in [-0.15, -0.1) is 11.3 Å². The van der Waals surface area contributed by atoms with Crippen molar-refractivity contribution in [2.45, 2.75) is 63.3 Å². The van der Waals surface area contributed by atoms with E-state index in [-0.39, 0.29) is 24.8 Å². The molecule has 37 heavy (non-hydrogen) atoms. The van der Waals surface area contributed by atoms with Gasteiger partial charge in [-0.1, -0.05) is 30.7 Å². The molecule has 198 valence electrons. The Morgan fingerprint density at radius 3 is 2.62 bits per heavy atom. The van der Waals surface area contributed by atoms with Crippen LogP contribution >= 0.6 is 11.3 Å². The topological polar surface area (TPSA) is 132 Å². The zero-order valence-corrected chi connectivity index (χ0v) is 22.7. The van der Waals surface area contributed by atoms with Crippen LogP contribution in [-0.2, 0) is 25.2 Å². The summed E-state index contributed by atoms with van der Waals surface area (Å²) < 4.78 is 25.9. The molecule has 3 aliphatic rings. The average molecular weight is 546 g/mol. The number of carbonyl (C=O) groups excluding carboxylic acids is 2. The minimum Gasteiger partial charge on any atom is -0.391 e.